The number of rotatable bonds is 6. The third-order valence-corrected chi connectivity index (χ3v) is 6.65. The van der Waals surface area contributed by atoms with E-state index in [0.29, 0.717) is 5.56 Å². The van der Waals surface area contributed by atoms with E-state index >= 15 is 0 Å². The van der Waals surface area contributed by atoms with Crippen LogP contribution in [0, 0.1) is 18.3 Å². The number of pyridine rings is 1. The number of hydrogen-bond acceptors (Lipinski definition) is 4. The fourth-order valence-corrected chi connectivity index (χ4v) is 4.68. The number of likely N-dealkylation sites (tertiary alicyclic amines) is 1. The minimum Gasteiger partial charge on any atom is -0.361 e. The molecule has 2 aromatic heterocycles. The number of hydrogen-bond donors (Lipinski definition) is 2. The Kier molecular flexibility index (Phi) is 6.42. The van der Waals surface area contributed by atoms with Crippen molar-refractivity contribution in [2.24, 2.45) is 0 Å². The van der Waals surface area contributed by atoms with Crippen molar-refractivity contribution in [3.63, 3.8) is 0 Å². The first-order valence-electron chi connectivity index (χ1n) is 11.9. The van der Waals surface area contributed by atoms with Gasteiger partial charge in [-0.3, -0.25) is 9.88 Å². The predicted molar refractivity (Wildman–Crippen MR) is 140 cm³/mol. The number of aromatic nitrogens is 2. The molecule has 4 aromatic rings. The van der Waals surface area contributed by atoms with Crippen LogP contribution < -0.4 is 5.32 Å². The number of fused-ring (bicyclic) bond motifs is 1. The number of nitrogens with one attached hydrogen (secondary N) is 2. The topological polar surface area (TPSA) is 67.7 Å². The molecule has 3 heterocycles. The number of piperidine rings is 1. The van der Waals surface area contributed by atoms with Crippen molar-refractivity contribution in [3.8, 4) is 6.07 Å². The third-order valence-electron chi connectivity index (χ3n) is 6.65. The molecule has 0 saturated carbocycles. The number of H-pyrrole nitrogens is 1. The molecular weight excluding hydrogens is 418 g/mol. The fourth-order valence-electron chi connectivity index (χ4n) is 4.68. The molecule has 1 aliphatic rings. The largest absolute Gasteiger partial charge is 0.361 e. The van der Waals surface area contributed by atoms with Gasteiger partial charge in [0.05, 0.1) is 11.3 Å². The minimum absolute atomic E-state index is 0.521. The second kappa shape index (κ2) is 9.94. The number of aromatic amines is 1. The highest BCUT2D eigenvalue weighted by Crippen LogP contribution is 2.31. The second-order valence-electron chi connectivity index (χ2n) is 8.98. The number of anilines is 2. The highest BCUT2D eigenvalue weighted by Gasteiger charge is 2.12. The van der Waals surface area contributed by atoms with Crippen LogP contribution in [-0.2, 0) is 6.54 Å². The molecule has 0 spiro atoms. The van der Waals surface area contributed by atoms with Gasteiger partial charge in [0.15, 0.2) is 0 Å². The molecular formula is C29H29N5. The van der Waals surface area contributed by atoms with E-state index in [2.05, 4.69) is 75.7 Å². The minimum atomic E-state index is 0.521. The van der Waals surface area contributed by atoms with Gasteiger partial charge in [0.25, 0.3) is 0 Å². The lowest BCUT2D eigenvalue weighted by Crippen LogP contribution is -2.28. The molecule has 5 nitrogen and oxygen atoms in total. The molecule has 5 heteroatoms. The van der Waals surface area contributed by atoms with E-state index in [4.69, 9.17) is 0 Å². The number of nitrogens with zero attached hydrogens (tertiary/aromatic N) is 3. The summed E-state index contributed by atoms with van der Waals surface area (Å²) >= 11 is 0. The zero-order valence-electron chi connectivity index (χ0n) is 19.5. The Labute approximate surface area is 200 Å². The maximum atomic E-state index is 9.72. The Bertz CT molecular complexity index is 1350. The van der Waals surface area contributed by atoms with Crippen molar-refractivity contribution in [1.29, 1.82) is 5.26 Å². The molecule has 0 amide bonds. The molecule has 0 atom stereocenters. The van der Waals surface area contributed by atoms with Crippen LogP contribution in [-0.4, -0.2) is 28.0 Å². The van der Waals surface area contributed by atoms with Crippen LogP contribution in [0.25, 0.3) is 23.1 Å². The van der Waals surface area contributed by atoms with Crippen molar-refractivity contribution < 1.29 is 0 Å². The van der Waals surface area contributed by atoms with E-state index in [0.717, 1.165) is 40.1 Å². The molecule has 0 aliphatic carbocycles. The highest BCUT2D eigenvalue weighted by atomic mass is 15.1. The number of nitriles is 1. The Hall–Kier alpha value is -3.88. The molecule has 2 N–H and O–H groups in total. The fraction of sp³-hybridized carbons (Fsp3) is 0.241. The SMILES string of the molecule is Cc1c(Nc2c(C#N)cncc2C=Cc2ccc(CN3CCCCC3)cc2)ccc2[nH]ccc12. The van der Waals surface area contributed by atoms with E-state index < -0.39 is 0 Å². The van der Waals surface area contributed by atoms with Gasteiger partial charge in [-0.05, 0) is 67.7 Å². The Morgan fingerprint density at radius 3 is 2.65 bits per heavy atom. The summed E-state index contributed by atoms with van der Waals surface area (Å²) in [6.45, 7) is 5.52. The van der Waals surface area contributed by atoms with E-state index in [9.17, 15) is 5.26 Å². The zero-order chi connectivity index (χ0) is 23.3. The molecule has 2 aromatic carbocycles. The molecule has 1 fully saturated rings. The molecule has 0 radical (unpaired) electrons. The summed E-state index contributed by atoms with van der Waals surface area (Å²) < 4.78 is 0. The molecule has 170 valence electrons. The van der Waals surface area contributed by atoms with Crippen LogP contribution in [0.15, 0.2) is 61.1 Å². The first kappa shape index (κ1) is 21.9. The standard InChI is InChI=1S/C29H29N5/c1-21-26-13-14-32-28(26)12-11-27(21)33-29-24(18-31-19-25(29)17-30)10-9-22-5-7-23(8-6-22)20-34-15-3-2-4-16-34/h5-14,18-19,32H,2-4,15-16,20H2,1H3,(H,31,33). The normalized spacial score (nSPS) is 14.5. The second-order valence-corrected chi connectivity index (χ2v) is 8.98. The van der Waals surface area contributed by atoms with Crippen LogP contribution >= 0.6 is 0 Å². The van der Waals surface area contributed by atoms with Gasteiger partial charge in [0.2, 0.25) is 0 Å². The summed E-state index contributed by atoms with van der Waals surface area (Å²) in [6.07, 6.45) is 13.4. The summed E-state index contributed by atoms with van der Waals surface area (Å²) in [5, 5.41) is 14.4. The zero-order valence-corrected chi connectivity index (χ0v) is 19.5. The average Bonchev–Trinajstić information content (AvgIpc) is 3.36. The van der Waals surface area contributed by atoms with Gasteiger partial charge in [-0.2, -0.15) is 5.26 Å². The van der Waals surface area contributed by atoms with Crippen molar-refractivity contribution in [2.75, 3.05) is 18.4 Å². The Morgan fingerprint density at radius 1 is 1.03 bits per heavy atom. The monoisotopic (exact) mass is 447 g/mol. The van der Waals surface area contributed by atoms with Gasteiger partial charge >= 0.3 is 0 Å². The molecule has 34 heavy (non-hydrogen) atoms. The third kappa shape index (κ3) is 4.73. The highest BCUT2D eigenvalue weighted by molar-refractivity contribution is 5.90. The summed E-state index contributed by atoms with van der Waals surface area (Å²) in [5.74, 6) is 0. The van der Waals surface area contributed by atoms with Crippen LogP contribution in [0.5, 0.6) is 0 Å². The summed E-state index contributed by atoms with van der Waals surface area (Å²) in [5.41, 5.74) is 7.86. The molecule has 0 unspecified atom stereocenters. The Balaban J connectivity index is 1.37. The molecule has 1 saturated heterocycles. The maximum absolute atomic E-state index is 9.72. The lowest BCUT2D eigenvalue weighted by Gasteiger charge is -2.26. The number of aryl methyl sites for hydroxylation is 1. The first-order chi connectivity index (χ1) is 16.7. The maximum Gasteiger partial charge on any atom is 0.103 e. The van der Waals surface area contributed by atoms with E-state index in [1.165, 1.54) is 43.3 Å². The average molecular weight is 448 g/mol. The van der Waals surface area contributed by atoms with E-state index in [1.807, 2.05) is 18.3 Å². The van der Waals surface area contributed by atoms with E-state index in [1.54, 1.807) is 12.4 Å². The van der Waals surface area contributed by atoms with Crippen LogP contribution in [0.4, 0.5) is 11.4 Å². The summed E-state index contributed by atoms with van der Waals surface area (Å²) in [7, 11) is 0. The lowest BCUT2D eigenvalue weighted by molar-refractivity contribution is 0.221. The van der Waals surface area contributed by atoms with Gasteiger partial charge in [-0.25, -0.2) is 0 Å². The first-order valence-corrected chi connectivity index (χ1v) is 11.9. The summed E-state index contributed by atoms with van der Waals surface area (Å²) in [4.78, 5) is 10.1. The van der Waals surface area contributed by atoms with Gasteiger partial charge in [-0.1, -0.05) is 42.8 Å². The number of benzene rings is 2. The van der Waals surface area contributed by atoms with Crippen LogP contribution in [0.1, 0.15) is 47.1 Å². The van der Waals surface area contributed by atoms with Gasteiger partial charge in [-0.15, -0.1) is 0 Å². The van der Waals surface area contributed by atoms with Crippen LogP contribution in [0.2, 0.25) is 0 Å². The van der Waals surface area contributed by atoms with Crippen molar-refractivity contribution >= 4 is 34.4 Å². The smallest absolute Gasteiger partial charge is 0.103 e. The van der Waals surface area contributed by atoms with Crippen LogP contribution in [0.3, 0.4) is 0 Å². The van der Waals surface area contributed by atoms with Gasteiger partial charge in [0, 0.05) is 47.3 Å². The van der Waals surface area contributed by atoms with E-state index in [-0.39, 0.29) is 0 Å². The van der Waals surface area contributed by atoms with Gasteiger partial charge < -0.3 is 10.3 Å². The molecule has 5 rings (SSSR count). The van der Waals surface area contributed by atoms with Crippen molar-refractivity contribution in [3.05, 3.63) is 88.9 Å². The summed E-state index contributed by atoms with van der Waals surface area (Å²) in [6, 6.07) is 17.2. The molecule has 0 bridgehead atoms. The van der Waals surface area contributed by atoms with Crippen molar-refractivity contribution in [1.82, 2.24) is 14.9 Å². The van der Waals surface area contributed by atoms with Gasteiger partial charge in [0.1, 0.15) is 6.07 Å². The Morgan fingerprint density at radius 2 is 1.85 bits per heavy atom. The quantitative estimate of drug-likeness (QED) is 0.347. The molecule has 1 aliphatic heterocycles. The predicted octanol–water partition coefficient (Wildman–Crippen LogP) is 6.64. The lowest BCUT2D eigenvalue weighted by atomic mass is 10.1. The van der Waals surface area contributed by atoms with Crippen molar-refractivity contribution in [2.45, 2.75) is 32.7 Å².